The molecule has 7 nitrogen and oxygen atoms in total. The van der Waals surface area contributed by atoms with E-state index >= 15 is 0 Å². The predicted molar refractivity (Wildman–Crippen MR) is 115 cm³/mol. The van der Waals surface area contributed by atoms with E-state index in [-0.39, 0.29) is 17.7 Å². The lowest BCUT2D eigenvalue weighted by Gasteiger charge is -2.29. The molecule has 1 saturated carbocycles. The minimum absolute atomic E-state index is 0.181. The summed E-state index contributed by atoms with van der Waals surface area (Å²) in [4.78, 5) is 17.6. The zero-order chi connectivity index (χ0) is 21.6. The van der Waals surface area contributed by atoms with Gasteiger partial charge in [0.1, 0.15) is 5.60 Å². The van der Waals surface area contributed by atoms with Crippen LogP contribution in [0.4, 0.5) is 4.79 Å². The van der Waals surface area contributed by atoms with Crippen molar-refractivity contribution in [3.63, 3.8) is 0 Å². The summed E-state index contributed by atoms with van der Waals surface area (Å²) in [5.41, 5.74) is 4.57. The predicted octanol–water partition coefficient (Wildman–Crippen LogP) is 4.57. The van der Waals surface area contributed by atoms with Gasteiger partial charge >= 0.3 is 6.09 Å². The zero-order valence-corrected chi connectivity index (χ0v) is 18.5. The van der Waals surface area contributed by atoms with Crippen LogP contribution in [0.5, 0.6) is 11.5 Å². The van der Waals surface area contributed by atoms with Crippen LogP contribution in [0, 0.1) is 0 Å². The topological polar surface area (TPSA) is 78.1 Å². The second-order valence-corrected chi connectivity index (χ2v) is 8.97. The molecule has 0 atom stereocenters. The second kappa shape index (κ2) is 9.60. The van der Waals surface area contributed by atoms with Crippen molar-refractivity contribution in [3.05, 3.63) is 29.8 Å². The molecule has 30 heavy (non-hydrogen) atoms. The van der Waals surface area contributed by atoms with E-state index in [2.05, 4.69) is 16.9 Å². The largest absolute Gasteiger partial charge is 0.493 e. The van der Waals surface area contributed by atoms with E-state index < -0.39 is 6.09 Å². The molecule has 2 aliphatic rings. The highest BCUT2D eigenvalue weighted by molar-refractivity contribution is 5.69. The molecular weight excluding hydrogens is 384 g/mol. The molecule has 0 radical (unpaired) electrons. The SMILES string of the molecule is COc1ccc(C2=CC3(CCCCC3)ON2)cc1OCCCOC(=O)NC(C)(C)C. The lowest BCUT2D eigenvalue weighted by molar-refractivity contribution is -0.0557. The molecule has 1 heterocycles. The Morgan fingerprint density at radius 3 is 2.63 bits per heavy atom. The molecule has 1 aliphatic heterocycles. The number of hydroxylamine groups is 1. The van der Waals surface area contributed by atoms with Crippen LogP contribution in [0.25, 0.3) is 5.70 Å². The van der Waals surface area contributed by atoms with Crippen LogP contribution in [0.3, 0.4) is 0 Å². The maximum Gasteiger partial charge on any atom is 0.407 e. The van der Waals surface area contributed by atoms with Crippen LogP contribution in [-0.4, -0.2) is 37.6 Å². The highest BCUT2D eigenvalue weighted by Crippen LogP contribution is 2.39. The molecule has 1 fully saturated rings. The van der Waals surface area contributed by atoms with Crippen molar-refractivity contribution in [1.82, 2.24) is 10.8 Å². The Morgan fingerprint density at radius 1 is 1.17 bits per heavy atom. The number of ether oxygens (including phenoxy) is 3. The Labute approximate surface area is 179 Å². The van der Waals surface area contributed by atoms with Crippen molar-refractivity contribution in [3.8, 4) is 11.5 Å². The van der Waals surface area contributed by atoms with E-state index in [1.54, 1.807) is 7.11 Å². The summed E-state index contributed by atoms with van der Waals surface area (Å²) in [5, 5.41) is 2.76. The first-order valence-electron chi connectivity index (χ1n) is 10.7. The molecule has 0 aromatic heterocycles. The van der Waals surface area contributed by atoms with Gasteiger partial charge in [0, 0.05) is 17.5 Å². The van der Waals surface area contributed by atoms with E-state index in [9.17, 15) is 4.79 Å². The molecule has 1 spiro atoms. The summed E-state index contributed by atoms with van der Waals surface area (Å²) < 4.78 is 16.5. The first kappa shape index (κ1) is 22.3. The number of carbonyl (C=O) groups excluding carboxylic acids is 1. The van der Waals surface area contributed by atoms with Gasteiger partial charge in [-0.3, -0.25) is 10.3 Å². The highest BCUT2D eigenvalue weighted by atomic mass is 16.7. The number of alkyl carbamates (subject to hydrolysis) is 1. The van der Waals surface area contributed by atoms with Gasteiger partial charge in [-0.2, -0.15) is 0 Å². The molecule has 1 aliphatic carbocycles. The molecule has 3 rings (SSSR count). The molecule has 0 saturated heterocycles. The molecule has 1 aromatic carbocycles. The van der Waals surface area contributed by atoms with Crippen LogP contribution in [0.2, 0.25) is 0 Å². The summed E-state index contributed by atoms with van der Waals surface area (Å²) in [6.07, 6.45) is 8.13. The van der Waals surface area contributed by atoms with Crippen molar-refractivity contribution in [2.45, 2.75) is 70.4 Å². The standard InChI is InChI=1S/C23H34N2O5/c1-22(2,3)24-21(26)29-14-8-13-28-20-15-17(9-10-19(20)27-4)18-16-23(30-25-18)11-6-5-7-12-23/h9-10,15-16,25H,5-8,11-14H2,1-4H3,(H,24,26). The van der Waals surface area contributed by atoms with Crippen molar-refractivity contribution < 1.29 is 23.8 Å². The number of hydrogen-bond donors (Lipinski definition) is 2. The third kappa shape index (κ3) is 6.05. The third-order valence-corrected chi connectivity index (χ3v) is 5.20. The number of hydrogen-bond acceptors (Lipinski definition) is 6. The molecular formula is C23H34N2O5. The molecule has 1 amide bonds. The summed E-state index contributed by atoms with van der Waals surface area (Å²) in [7, 11) is 1.62. The van der Waals surface area contributed by atoms with Crippen LogP contribution < -0.4 is 20.3 Å². The van der Waals surface area contributed by atoms with Gasteiger partial charge in [-0.05, 0) is 57.9 Å². The lowest BCUT2D eigenvalue weighted by atomic mass is 9.84. The average molecular weight is 419 g/mol. The molecule has 1 aromatic rings. The lowest BCUT2D eigenvalue weighted by Crippen LogP contribution is -2.41. The third-order valence-electron chi connectivity index (χ3n) is 5.20. The van der Waals surface area contributed by atoms with E-state index in [4.69, 9.17) is 19.0 Å². The first-order chi connectivity index (χ1) is 14.3. The normalized spacial score (nSPS) is 17.8. The van der Waals surface area contributed by atoms with E-state index in [0.717, 1.165) is 24.1 Å². The number of benzene rings is 1. The Kier molecular flexibility index (Phi) is 7.13. The van der Waals surface area contributed by atoms with Crippen molar-refractivity contribution >= 4 is 11.8 Å². The fourth-order valence-electron chi connectivity index (χ4n) is 3.72. The summed E-state index contributed by atoms with van der Waals surface area (Å²) in [6.45, 7) is 6.42. The van der Waals surface area contributed by atoms with Crippen LogP contribution in [0.1, 0.15) is 64.9 Å². The first-order valence-corrected chi connectivity index (χ1v) is 10.7. The Balaban J connectivity index is 1.55. The van der Waals surface area contributed by atoms with Crippen LogP contribution in [0.15, 0.2) is 24.3 Å². The smallest absolute Gasteiger partial charge is 0.407 e. The van der Waals surface area contributed by atoms with Gasteiger partial charge in [0.15, 0.2) is 11.5 Å². The second-order valence-electron chi connectivity index (χ2n) is 8.97. The summed E-state index contributed by atoms with van der Waals surface area (Å²) >= 11 is 0. The fourth-order valence-corrected chi connectivity index (χ4v) is 3.72. The minimum Gasteiger partial charge on any atom is -0.493 e. The van der Waals surface area contributed by atoms with Gasteiger partial charge in [0.2, 0.25) is 0 Å². The quantitative estimate of drug-likeness (QED) is 0.632. The summed E-state index contributed by atoms with van der Waals surface area (Å²) in [6, 6.07) is 5.85. The van der Waals surface area contributed by atoms with Crippen LogP contribution >= 0.6 is 0 Å². The van der Waals surface area contributed by atoms with Gasteiger partial charge in [0.05, 0.1) is 26.0 Å². The fraction of sp³-hybridized carbons (Fsp3) is 0.609. The number of rotatable bonds is 7. The number of nitrogens with one attached hydrogen (secondary N) is 2. The zero-order valence-electron chi connectivity index (χ0n) is 18.5. The molecule has 0 unspecified atom stereocenters. The molecule has 0 bridgehead atoms. The Hall–Kier alpha value is -2.41. The van der Waals surface area contributed by atoms with Crippen molar-refractivity contribution in [2.24, 2.45) is 0 Å². The van der Waals surface area contributed by atoms with Crippen molar-refractivity contribution in [1.29, 1.82) is 0 Å². The summed E-state index contributed by atoms with van der Waals surface area (Å²) in [5.74, 6) is 1.32. The number of amides is 1. The van der Waals surface area contributed by atoms with Crippen LogP contribution in [-0.2, 0) is 9.57 Å². The molecule has 166 valence electrons. The van der Waals surface area contributed by atoms with Gasteiger partial charge < -0.3 is 19.5 Å². The van der Waals surface area contributed by atoms with Gasteiger partial charge in [-0.25, -0.2) is 4.79 Å². The Bertz CT molecular complexity index is 763. The van der Waals surface area contributed by atoms with E-state index in [1.165, 1.54) is 19.3 Å². The van der Waals surface area contributed by atoms with Crippen molar-refractivity contribution in [2.75, 3.05) is 20.3 Å². The van der Waals surface area contributed by atoms with Gasteiger partial charge in [0.25, 0.3) is 0 Å². The maximum absolute atomic E-state index is 11.7. The Morgan fingerprint density at radius 2 is 1.93 bits per heavy atom. The van der Waals surface area contributed by atoms with Gasteiger partial charge in [-0.15, -0.1) is 0 Å². The molecule has 7 heteroatoms. The van der Waals surface area contributed by atoms with E-state index in [1.807, 2.05) is 39.0 Å². The highest BCUT2D eigenvalue weighted by Gasteiger charge is 2.36. The monoisotopic (exact) mass is 418 g/mol. The average Bonchev–Trinajstić information content (AvgIpc) is 3.10. The number of carbonyl (C=O) groups is 1. The molecule has 2 N–H and O–H groups in total. The maximum atomic E-state index is 11.7. The van der Waals surface area contributed by atoms with E-state index in [0.29, 0.717) is 24.5 Å². The number of methoxy groups -OCH3 is 1. The van der Waals surface area contributed by atoms with Gasteiger partial charge in [-0.1, -0.05) is 19.3 Å². The minimum atomic E-state index is -0.419.